The van der Waals surface area contributed by atoms with Gasteiger partial charge in [-0.2, -0.15) is 0 Å². The molecule has 1 rings (SSSR count). The van der Waals surface area contributed by atoms with Gasteiger partial charge in [0.25, 0.3) is 0 Å². The van der Waals surface area contributed by atoms with Crippen LogP contribution in [0.25, 0.3) is 0 Å². The third-order valence-corrected chi connectivity index (χ3v) is 2.68. The Labute approximate surface area is 92.4 Å². The van der Waals surface area contributed by atoms with Crippen molar-refractivity contribution < 1.29 is 4.79 Å². The Kier molecular flexibility index (Phi) is 4.54. The number of carbonyl (C=O) groups is 1. The number of nitrogens with one attached hydrogen (secondary N) is 2. The molecule has 1 atom stereocenters. The average Bonchev–Trinajstić information content (AvgIpc) is 2.16. The summed E-state index contributed by atoms with van der Waals surface area (Å²) in [5.41, 5.74) is 0. The number of amides is 1. The van der Waals surface area contributed by atoms with Crippen molar-refractivity contribution >= 4 is 5.91 Å². The fourth-order valence-corrected chi connectivity index (χ4v) is 1.96. The first kappa shape index (κ1) is 12.5. The second-order valence-electron chi connectivity index (χ2n) is 4.71. The lowest BCUT2D eigenvalue weighted by atomic mass is 10.1. The van der Waals surface area contributed by atoms with Gasteiger partial charge in [0.1, 0.15) is 6.04 Å². The van der Waals surface area contributed by atoms with Gasteiger partial charge in [-0.3, -0.25) is 9.69 Å². The van der Waals surface area contributed by atoms with Gasteiger partial charge in [0, 0.05) is 31.7 Å². The van der Waals surface area contributed by atoms with Crippen molar-refractivity contribution in [3.05, 3.63) is 0 Å². The summed E-state index contributed by atoms with van der Waals surface area (Å²) >= 11 is 0. The zero-order valence-electron chi connectivity index (χ0n) is 10.2. The molecule has 2 N–H and O–H groups in total. The Hall–Kier alpha value is -0.610. The summed E-state index contributed by atoms with van der Waals surface area (Å²) in [4.78, 5) is 14.2. The van der Waals surface area contributed by atoms with Crippen LogP contribution >= 0.6 is 0 Å². The van der Waals surface area contributed by atoms with Crippen LogP contribution in [-0.4, -0.2) is 48.6 Å². The van der Waals surface area contributed by atoms with E-state index in [1.54, 1.807) is 0 Å². The standard InChI is InChI=1S/C11H23N3O/c1-8(2)13-11(15)10-7-12-5-6-14(10)9(3)4/h8-10,12H,5-7H2,1-4H3,(H,13,15). The minimum Gasteiger partial charge on any atom is -0.353 e. The first-order chi connectivity index (χ1) is 7.02. The molecule has 0 aromatic carbocycles. The van der Waals surface area contributed by atoms with Crippen molar-refractivity contribution in [2.24, 2.45) is 0 Å². The topological polar surface area (TPSA) is 44.4 Å². The highest BCUT2D eigenvalue weighted by molar-refractivity contribution is 5.82. The van der Waals surface area contributed by atoms with Crippen LogP contribution in [0.3, 0.4) is 0 Å². The van der Waals surface area contributed by atoms with Crippen LogP contribution in [0.4, 0.5) is 0 Å². The molecule has 4 nitrogen and oxygen atoms in total. The molecular weight excluding hydrogens is 190 g/mol. The summed E-state index contributed by atoms with van der Waals surface area (Å²) < 4.78 is 0. The summed E-state index contributed by atoms with van der Waals surface area (Å²) in [6.45, 7) is 11.0. The maximum absolute atomic E-state index is 11.9. The van der Waals surface area contributed by atoms with Crippen molar-refractivity contribution in [2.75, 3.05) is 19.6 Å². The quantitative estimate of drug-likeness (QED) is 0.703. The molecule has 0 saturated carbocycles. The molecule has 4 heteroatoms. The van der Waals surface area contributed by atoms with E-state index in [0.717, 1.165) is 19.6 Å². The molecule has 0 bridgehead atoms. The highest BCUT2D eigenvalue weighted by Gasteiger charge is 2.30. The van der Waals surface area contributed by atoms with Crippen molar-refractivity contribution in [3.8, 4) is 0 Å². The van der Waals surface area contributed by atoms with Gasteiger partial charge in [-0.15, -0.1) is 0 Å². The Morgan fingerprint density at radius 3 is 2.60 bits per heavy atom. The minimum atomic E-state index is -0.0128. The monoisotopic (exact) mass is 213 g/mol. The maximum atomic E-state index is 11.9. The lowest BCUT2D eigenvalue weighted by molar-refractivity contribution is -0.128. The van der Waals surface area contributed by atoms with E-state index in [9.17, 15) is 4.79 Å². The minimum absolute atomic E-state index is 0.0128. The molecule has 0 radical (unpaired) electrons. The van der Waals surface area contributed by atoms with Crippen LogP contribution in [0.1, 0.15) is 27.7 Å². The highest BCUT2D eigenvalue weighted by atomic mass is 16.2. The van der Waals surface area contributed by atoms with Crippen LogP contribution in [0, 0.1) is 0 Å². The molecule has 1 fully saturated rings. The molecule has 0 spiro atoms. The average molecular weight is 213 g/mol. The molecule has 1 saturated heterocycles. The molecule has 1 aliphatic rings. The van der Waals surface area contributed by atoms with Gasteiger partial charge >= 0.3 is 0 Å². The summed E-state index contributed by atoms with van der Waals surface area (Å²) in [6, 6.07) is 0.629. The van der Waals surface area contributed by atoms with Gasteiger partial charge in [0.2, 0.25) is 5.91 Å². The van der Waals surface area contributed by atoms with Gasteiger partial charge in [-0.1, -0.05) is 0 Å². The van der Waals surface area contributed by atoms with Crippen LogP contribution < -0.4 is 10.6 Å². The van der Waals surface area contributed by atoms with E-state index in [2.05, 4.69) is 29.4 Å². The van der Waals surface area contributed by atoms with E-state index < -0.39 is 0 Å². The maximum Gasteiger partial charge on any atom is 0.238 e. The van der Waals surface area contributed by atoms with Gasteiger partial charge in [-0.05, 0) is 27.7 Å². The number of piperazine rings is 1. The second-order valence-corrected chi connectivity index (χ2v) is 4.71. The number of hydrogen-bond acceptors (Lipinski definition) is 3. The largest absolute Gasteiger partial charge is 0.353 e. The number of carbonyl (C=O) groups excluding carboxylic acids is 1. The molecule has 1 aliphatic heterocycles. The first-order valence-corrected chi connectivity index (χ1v) is 5.79. The van der Waals surface area contributed by atoms with Crippen molar-refractivity contribution in [3.63, 3.8) is 0 Å². The van der Waals surface area contributed by atoms with E-state index >= 15 is 0 Å². The zero-order chi connectivity index (χ0) is 11.4. The van der Waals surface area contributed by atoms with E-state index in [0.29, 0.717) is 6.04 Å². The smallest absolute Gasteiger partial charge is 0.238 e. The van der Waals surface area contributed by atoms with Gasteiger partial charge < -0.3 is 10.6 Å². The molecule has 1 unspecified atom stereocenters. The van der Waals surface area contributed by atoms with Crippen LogP contribution in [0.5, 0.6) is 0 Å². The number of rotatable bonds is 3. The summed E-state index contributed by atoms with van der Waals surface area (Å²) in [6.07, 6.45) is 0. The summed E-state index contributed by atoms with van der Waals surface area (Å²) in [5, 5.41) is 6.25. The Balaban J connectivity index is 2.59. The molecule has 0 aromatic rings. The third kappa shape index (κ3) is 3.47. The SMILES string of the molecule is CC(C)NC(=O)C1CNCCN1C(C)C. The van der Waals surface area contributed by atoms with Crippen molar-refractivity contribution in [1.29, 1.82) is 0 Å². The molecule has 1 amide bonds. The van der Waals surface area contributed by atoms with E-state index in [1.807, 2.05) is 13.8 Å². The van der Waals surface area contributed by atoms with Crippen LogP contribution in [0.2, 0.25) is 0 Å². The molecule has 15 heavy (non-hydrogen) atoms. The van der Waals surface area contributed by atoms with Crippen molar-refractivity contribution in [1.82, 2.24) is 15.5 Å². The molecule has 0 aliphatic carbocycles. The summed E-state index contributed by atoms with van der Waals surface area (Å²) in [5.74, 6) is 0.144. The highest BCUT2D eigenvalue weighted by Crippen LogP contribution is 2.08. The first-order valence-electron chi connectivity index (χ1n) is 5.79. The Morgan fingerprint density at radius 1 is 1.40 bits per heavy atom. The molecule has 1 heterocycles. The molecule has 0 aromatic heterocycles. The van der Waals surface area contributed by atoms with Gasteiger partial charge in [-0.25, -0.2) is 0 Å². The van der Waals surface area contributed by atoms with E-state index in [1.165, 1.54) is 0 Å². The number of hydrogen-bond donors (Lipinski definition) is 2. The normalized spacial score (nSPS) is 23.5. The molecular formula is C11H23N3O. The van der Waals surface area contributed by atoms with Crippen molar-refractivity contribution in [2.45, 2.75) is 45.8 Å². The predicted octanol–water partition coefficient (Wildman–Crippen LogP) is 0.193. The fourth-order valence-electron chi connectivity index (χ4n) is 1.96. The summed E-state index contributed by atoms with van der Waals surface area (Å²) in [7, 11) is 0. The molecule has 88 valence electrons. The van der Waals surface area contributed by atoms with Crippen LogP contribution in [0.15, 0.2) is 0 Å². The lowest BCUT2D eigenvalue weighted by Gasteiger charge is -2.38. The fraction of sp³-hybridized carbons (Fsp3) is 0.909. The second kappa shape index (κ2) is 5.47. The van der Waals surface area contributed by atoms with Gasteiger partial charge in [0.05, 0.1) is 0 Å². The zero-order valence-corrected chi connectivity index (χ0v) is 10.2. The Bertz CT molecular complexity index is 216. The number of nitrogens with zero attached hydrogens (tertiary/aromatic N) is 1. The van der Waals surface area contributed by atoms with Crippen LogP contribution in [-0.2, 0) is 4.79 Å². The van der Waals surface area contributed by atoms with E-state index in [-0.39, 0.29) is 18.0 Å². The predicted molar refractivity (Wildman–Crippen MR) is 61.8 cm³/mol. The third-order valence-electron chi connectivity index (χ3n) is 2.68. The van der Waals surface area contributed by atoms with Gasteiger partial charge in [0.15, 0.2) is 0 Å². The Morgan fingerprint density at radius 2 is 2.07 bits per heavy atom. The lowest BCUT2D eigenvalue weighted by Crippen LogP contribution is -2.60. The van der Waals surface area contributed by atoms with E-state index in [4.69, 9.17) is 0 Å².